The van der Waals surface area contributed by atoms with Gasteiger partial charge in [0.2, 0.25) is 0 Å². The Balaban J connectivity index is 2.09. The van der Waals surface area contributed by atoms with Crippen molar-refractivity contribution in [1.29, 1.82) is 0 Å². The van der Waals surface area contributed by atoms with E-state index in [1.165, 1.54) is 37.9 Å². The zero-order valence-electron chi connectivity index (χ0n) is 12.7. The van der Waals surface area contributed by atoms with E-state index in [-0.39, 0.29) is 0 Å². The Kier molecular flexibility index (Phi) is 5.73. The number of hydrogen-bond donors (Lipinski definition) is 1. The molecular weight excluding hydrogens is 316 g/mol. The fraction of sp³-hybridized carbons (Fsp3) is 0.625. The molecule has 1 saturated heterocycles. The summed E-state index contributed by atoms with van der Waals surface area (Å²) in [6, 6.07) is 4.71. The second kappa shape index (κ2) is 7.32. The summed E-state index contributed by atoms with van der Waals surface area (Å²) in [5, 5.41) is 3.71. The van der Waals surface area contributed by atoms with Gasteiger partial charge in [-0.25, -0.2) is 0 Å². The van der Waals surface area contributed by atoms with E-state index in [9.17, 15) is 0 Å². The summed E-state index contributed by atoms with van der Waals surface area (Å²) in [6.45, 7) is 7.95. The molecule has 0 radical (unpaired) electrons. The van der Waals surface area contributed by atoms with Gasteiger partial charge in [-0.2, -0.15) is 0 Å². The minimum atomic E-state index is 0.542. The molecule has 3 nitrogen and oxygen atoms in total. The first kappa shape index (κ1) is 15.6. The number of likely N-dealkylation sites (tertiary alicyclic amines) is 1. The van der Waals surface area contributed by atoms with E-state index >= 15 is 0 Å². The highest BCUT2D eigenvalue weighted by Crippen LogP contribution is 2.33. The minimum Gasteiger partial charge on any atom is -0.495 e. The Morgan fingerprint density at radius 3 is 2.85 bits per heavy atom. The first-order valence-corrected chi connectivity index (χ1v) is 8.26. The lowest BCUT2D eigenvalue weighted by Gasteiger charge is -2.22. The summed E-state index contributed by atoms with van der Waals surface area (Å²) >= 11 is 3.53. The highest BCUT2D eigenvalue weighted by molar-refractivity contribution is 9.10. The monoisotopic (exact) mass is 340 g/mol. The number of nitrogens with one attached hydrogen (secondary N) is 1. The Bertz CT molecular complexity index is 450. The van der Waals surface area contributed by atoms with Crippen molar-refractivity contribution in [2.75, 3.05) is 32.1 Å². The van der Waals surface area contributed by atoms with Gasteiger partial charge in [-0.3, -0.25) is 0 Å². The number of methoxy groups -OCH3 is 1. The summed E-state index contributed by atoms with van der Waals surface area (Å²) in [6.07, 6.45) is 3.70. The van der Waals surface area contributed by atoms with Gasteiger partial charge in [-0.1, -0.05) is 22.9 Å². The van der Waals surface area contributed by atoms with Gasteiger partial charge in [-0.15, -0.1) is 0 Å². The number of nitrogens with zero attached hydrogens (tertiary/aromatic N) is 1. The van der Waals surface area contributed by atoms with Crippen LogP contribution in [0.15, 0.2) is 16.6 Å². The maximum atomic E-state index is 5.52. The molecule has 0 bridgehead atoms. The molecule has 1 aromatic rings. The highest BCUT2D eigenvalue weighted by atomic mass is 79.9. The van der Waals surface area contributed by atoms with Crippen LogP contribution in [0.25, 0.3) is 0 Å². The van der Waals surface area contributed by atoms with Gasteiger partial charge in [0.25, 0.3) is 0 Å². The molecule has 112 valence electrons. The largest absolute Gasteiger partial charge is 0.495 e. The first-order chi connectivity index (χ1) is 9.63. The fourth-order valence-electron chi connectivity index (χ4n) is 2.88. The molecule has 1 unspecified atom stereocenters. The number of aryl methyl sites for hydroxylation is 1. The van der Waals surface area contributed by atoms with E-state index in [4.69, 9.17) is 4.74 Å². The zero-order valence-corrected chi connectivity index (χ0v) is 14.3. The number of halogens is 1. The molecule has 1 atom stereocenters. The third kappa shape index (κ3) is 3.89. The third-order valence-corrected chi connectivity index (χ3v) is 4.56. The predicted octanol–water partition coefficient (Wildman–Crippen LogP) is 4.05. The van der Waals surface area contributed by atoms with Gasteiger partial charge < -0.3 is 15.0 Å². The zero-order chi connectivity index (χ0) is 14.5. The second-order valence-corrected chi connectivity index (χ2v) is 6.42. The molecule has 2 rings (SSSR count). The van der Waals surface area contributed by atoms with Crippen LogP contribution in [0.3, 0.4) is 0 Å². The molecule has 0 amide bonds. The first-order valence-electron chi connectivity index (χ1n) is 7.47. The lowest BCUT2D eigenvalue weighted by atomic mass is 10.1. The Hall–Kier alpha value is -0.740. The van der Waals surface area contributed by atoms with Gasteiger partial charge in [0.1, 0.15) is 5.75 Å². The molecule has 0 aliphatic carbocycles. The van der Waals surface area contributed by atoms with E-state index < -0.39 is 0 Å². The highest BCUT2D eigenvalue weighted by Gasteiger charge is 2.18. The van der Waals surface area contributed by atoms with E-state index in [1.807, 2.05) is 6.07 Å². The maximum Gasteiger partial charge on any atom is 0.143 e. The molecule has 20 heavy (non-hydrogen) atoms. The van der Waals surface area contributed by atoms with Gasteiger partial charge in [-0.05, 0) is 57.0 Å². The quantitative estimate of drug-likeness (QED) is 0.894. The van der Waals surface area contributed by atoms with Crippen LogP contribution in [0.1, 0.15) is 31.7 Å². The Morgan fingerprint density at radius 2 is 2.15 bits per heavy atom. The van der Waals surface area contributed by atoms with Crippen LogP contribution >= 0.6 is 15.9 Å². The molecule has 1 heterocycles. The van der Waals surface area contributed by atoms with Crippen molar-refractivity contribution in [2.24, 2.45) is 0 Å². The average Bonchev–Trinajstić information content (AvgIpc) is 2.66. The van der Waals surface area contributed by atoms with Gasteiger partial charge in [0.05, 0.1) is 12.8 Å². The number of ether oxygens (including phenoxy) is 1. The van der Waals surface area contributed by atoms with Crippen molar-refractivity contribution in [1.82, 2.24) is 4.90 Å². The fourth-order valence-corrected chi connectivity index (χ4v) is 3.43. The van der Waals surface area contributed by atoms with Crippen LogP contribution in [-0.4, -0.2) is 37.7 Å². The smallest absolute Gasteiger partial charge is 0.143 e. The molecular formula is C16H25BrN2O. The van der Waals surface area contributed by atoms with Crippen LogP contribution in [-0.2, 0) is 0 Å². The summed E-state index contributed by atoms with van der Waals surface area (Å²) in [7, 11) is 1.73. The number of hydrogen-bond acceptors (Lipinski definition) is 3. The lowest BCUT2D eigenvalue weighted by Crippen LogP contribution is -2.26. The maximum absolute atomic E-state index is 5.52. The molecule has 4 heteroatoms. The van der Waals surface area contributed by atoms with Crippen LogP contribution in [0.2, 0.25) is 0 Å². The average molecular weight is 341 g/mol. The Morgan fingerprint density at radius 1 is 1.35 bits per heavy atom. The van der Waals surface area contributed by atoms with Crippen molar-refractivity contribution in [3.8, 4) is 5.75 Å². The Labute approximate surface area is 130 Å². The van der Waals surface area contributed by atoms with Crippen LogP contribution in [0.4, 0.5) is 5.69 Å². The van der Waals surface area contributed by atoms with Crippen LogP contribution < -0.4 is 10.1 Å². The van der Waals surface area contributed by atoms with Crippen molar-refractivity contribution >= 4 is 21.6 Å². The minimum absolute atomic E-state index is 0.542. The van der Waals surface area contributed by atoms with Crippen molar-refractivity contribution in [2.45, 2.75) is 39.2 Å². The van der Waals surface area contributed by atoms with E-state index in [0.717, 1.165) is 22.5 Å². The topological polar surface area (TPSA) is 24.5 Å². The van der Waals surface area contributed by atoms with E-state index in [0.29, 0.717) is 6.04 Å². The summed E-state index contributed by atoms with van der Waals surface area (Å²) in [4.78, 5) is 2.54. The number of benzene rings is 1. The molecule has 0 aromatic heterocycles. The van der Waals surface area contributed by atoms with Gasteiger partial charge >= 0.3 is 0 Å². The standard InChI is InChI=1S/C16H25BrN2O/c1-4-19-8-5-6-14(7-9-19)18-16-12(2)10-13(17)11-15(16)20-3/h10-11,14,18H,4-9H2,1-3H3. The second-order valence-electron chi connectivity index (χ2n) is 5.51. The molecule has 0 saturated carbocycles. The van der Waals surface area contributed by atoms with E-state index in [1.54, 1.807) is 7.11 Å². The molecule has 1 aliphatic rings. The predicted molar refractivity (Wildman–Crippen MR) is 88.8 cm³/mol. The SMILES string of the molecule is CCN1CCCC(Nc2c(C)cc(Br)cc2OC)CC1. The van der Waals surface area contributed by atoms with Crippen molar-refractivity contribution in [3.05, 3.63) is 22.2 Å². The van der Waals surface area contributed by atoms with Crippen molar-refractivity contribution < 1.29 is 4.74 Å². The lowest BCUT2D eigenvalue weighted by molar-refractivity contribution is 0.300. The van der Waals surface area contributed by atoms with E-state index in [2.05, 4.69) is 46.1 Å². The molecule has 1 N–H and O–H groups in total. The van der Waals surface area contributed by atoms with Crippen molar-refractivity contribution in [3.63, 3.8) is 0 Å². The van der Waals surface area contributed by atoms with Gasteiger partial charge in [0, 0.05) is 17.1 Å². The summed E-state index contributed by atoms with van der Waals surface area (Å²) in [5.41, 5.74) is 2.37. The third-order valence-electron chi connectivity index (χ3n) is 4.10. The van der Waals surface area contributed by atoms with Gasteiger partial charge in [0.15, 0.2) is 0 Å². The van der Waals surface area contributed by atoms with Crippen LogP contribution in [0, 0.1) is 6.92 Å². The molecule has 1 aromatic carbocycles. The number of rotatable bonds is 4. The normalized spacial score (nSPS) is 20.5. The molecule has 0 spiro atoms. The molecule has 1 fully saturated rings. The summed E-state index contributed by atoms with van der Waals surface area (Å²) < 4.78 is 6.58. The molecule has 1 aliphatic heterocycles. The van der Waals surface area contributed by atoms with Crippen LogP contribution in [0.5, 0.6) is 5.75 Å². The number of anilines is 1. The summed E-state index contributed by atoms with van der Waals surface area (Å²) in [5.74, 6) is 0.925.